The van der Waals surface area contributed by atoms with Gasteiger partial charge in [0.1, 0.15) is 0 Å². The lowest BCUT2D eigenvalue weighted by molar-refractivity contribution is 0.0649. The smallest absolute Gasteiger partial charge is 0.231 e. The predicted octanol–water partition coefficient (Wildman–Crippen LogP) is 2.55. The Labute approximate surface area is 198 Å². The minimum absolute atomic E-state index is 0.223. The number of aliphatic hydroxyl groups is 2. The summed E-state index contributed by atoms with van der Waals surface area (Å²) in [4.78, 5) is 6.45. The molecule has 0 spiro atoms. The van der Waals surface area contributed by atoms with Crippen molar-refractivity contribution in [1.82, 2.24) is 9.88 Å². The van der Waals surface area contributed by atoms with Crippen LogP contribution < -0.4 is 18.9 Å². The molecule has 2 atom stereocenters. The van der Waals surface area contributed by atoms with E-state index in [2.05, 4.69) is 4.98 Å². The van der Waals surface area contributed by atoms with Crippen molar-refractivity contribution in [3.8, 4) is 23.0 Å². The van der Waals surface area contributed by atoms with Gasteiger partial charge in [-0.1, -0.05) is 18.2 Å². The molecule has 0 aliphatic carbocycles. The van der Waals surface area contributed by atoms with Gasteiger partial charge in [-0.3, -0.25) is 9.88 Å². The molecule has 0 saturated carbocycles. The highest BCUT2D eigenvalue weighted by Crippen LogP contribution is 2.33. The number of ether oxygens (including phenoxy) is 4. The Bertz CT molecular complexity index is 1040. The van der Waals surface area contributed by atoms with E-state index in [1.165, 1.54) is 0 Å². The van der Waals surface area contributed by atoms with E-state index in [1.54, 1.807) is 6.20 Å². The number of nitrogens with zero attached hydrogens (tertiary/aromatic N) is 2. The number of aliphatic hydroxyl groups excluding tert-OH is 2. The molecule has 2 aliphatic rings. The van der Waals surface area contributed by atoms with Gasteiger partial charge < -0.3 is 29.2 Å². The molecule has 34 heavy (non-hydrogen) atoms. The molecule has 2 aromatic carbocycles. The number of hydrogen-bond acceptors (Lipinski definition) is 8. The van der Waals surface area contributed by atoms with Gasteiger partial charge in [0.2, 0.25) is 13.6 Å². The molecular formula is C26H28N2O6. The van der Waals surface area contributed by atoms with Crippen molar-refractivity contribution in [1.29, 1.82) is 0 Å². The first-order valence-corrected chi connectivity index (χ1v) is 11.4. The summed E-state index contributed by atoms with van der Waals surface area (Å²) in [5, 5.41) is 21.7. The van der Waals surface area contributed by atoms with Crippen molar-refractivity contribution in [2.24, 2.45) is 0 Å². The van der Waals surface area contributed by atoms with E-state index in [9.17, 15) is 10.2 Å². The summed E-state index contributed by atoms with van der Waals surface area (Å²) >= 11 is 0. The lowest BCUT2D eigenvalue weighted by Gasteiger charge is -2.27. The van der Waals surface area contributed by atoms with E-state index < -0.39 is 12.2 Å². The van der Waals surface area contributed by atoms with Gasteiger partial charge in [0.25, 0.3) is 0 Å². The van der Waals surface area contributed by atoms with Gasteiger partial charge in [0.15, 0.2) is 23.0 Å². The summed E-state index contributed by atoms with van der Waals surface area (Å²) in [7, 11) is 0. The number of pyridine rings is 1. The van der Waals surface area contributed by atoms with Gasteiger partial charge in [-0.25, -0.2) is 0 Å². The zero-order valence-electron chi connectivity index (χ0n) is 18.8. The lowest BCUT2D eigenvalue weighted by atomic mass is 10.0. The fraction of sp³-hybridized carbons (Fsp3) is 0.346. The maximum absolute atomic E-state index is 10.9. The zero-order valence-corrected chi connectivity index (χ0v) is 18.8. The van der Waals surface area contributed by atoms with Crippen molar-refractivity contribution in [3.05, 3.63) is 77.6 Å². The fourth-order valence-corrected chi connectivity index (χ4v) is 4.33. The number of rotatable bonds is 10. The van der Waals surface area contributed by atoms with Crippen LogP contribution in [-0.2, 0) is 19.4 Å². The molecule has 3 heterocycles. The van der Waals surface area contributed by atoms with Crippen molar-refractivity contribution in [3.63, 3.8) is 0 Å². The Balaban J connectivity index is 1.23. The average Bonchev–Trinajstić information content (AvgIpc) is 3.48. The third-order valence-corrected chi connectivity index (χ3v) is 5.87. The summed E-state index contributed by atoms with van der Waals surface area (Å²) in [6, 6.07) is 17.2. The van der Waals surface area contributed by atoms with E-state index in [0.29, 0.717) is 44.0 Å². The minimum atomic E-state index is -0.623. The molecule has 2 unspecified atom stereocenters. The summed E-state index contributed by atoms with van der Waals surface area (Å²) in [6.07, 6.45) is 1.43. The lowest BCUT2D eigenvalue weighted by Crippen LogP contribution is -2.39. The maximum Gasteiger partial charge on any atom is 0.231 e. The van der Waals surface area contributed by atoms with Crippen LogP contribution in [0.4, 0.5) is 0 Å². The Morgan fingerprint density at radius 2 is 1.29 bits per heavy atom. The van der Waals surface area contributed by atoms with Crippen LogP contribution >= 0.6 is 0 Å². The molecule has 0 fully saturated rings. The normalized spacial score (nSPS) is 15.5. The molecule has 2 N–H and O–H groups in total. The fourth-order valence-electron chi connectivity index (χ4n) is 4.33. The van der Waals surface area contributed by atoms with Crippen LogP contribution in [0.25, 0.3) is 0 Å². The molecule has 8 nitrogen and oxygen atoms in total. The van der Waals surface area contributed by atoms with E-state index in [0.717, 1.165) is 28.3 Å². The minimum Gasteiger partial charge on any atom is -0.454 e. The molecule has 8 heteroatoms. The first-order valence-electron chi connectivity index (χ1n) is 11.4. The molecular weight excluding hydrogens is 436 g/mol. The molecule has 0 radical (unpaired) electrons. The van der Waals surface area contributed by atoms with Crippen LogP contribution in [0.2, 0.25) is 0 Å². The molecule has 2 aliphatic heterocycles. The second kappa shape index (κ2) is 10.3. The monoisotopic (exact) mass is 464 g/mol. The van der Waals surface area contributed by atoms with Crippen molar-refractivity contribution in [2.45, 2.75) is 31.6 Å². The molecule has 178 valence electrons. The molecule has 0 bridgehead atoms. The number of benzene rings is 2. The quantitative estimate of drug-likeness (QED) is 0.473. The van der Waals surface area contributed by atoms with Crippen molar-refractivity contribution >= 4 is 0 Å². The predicted molar refractivity (Wildman–Crippen MR) is 124 cm³/mol. The van der Waals surface area contributed by atoms with Crippen LogP contribution in [0.15, 0.2) is 60.8 Å². The first-order chi connectivity index (χ1) is 16.6. The molecule has 0 saturated heterocycles. The third-order valence-electron chi connectivity index (χ3n) is 5.87. The highest BCUT2D eigenvalue weighted by molar-refractivity contribution is 5.45. The van der Waals surface area contributed by atoms with Gasteiger partial charge >= 0.3 is 0 Å². The highest BCUT2D eigenvalue weighted by atomic mass is 16.7. The van der Waals surface area contributed by atoms with Gasteiger partial charge in [-0.2, -0.15) is 0 Å². The van der Waals surface area contributed by atoms with Gasteiger partial charge in [0.05, 0.1) is 17.9 Å². The summed E-state index contributed by atoms with van der Waals surface area (Å²) in [5.41, 5.74) is 2.82. The number of aromatic nitrogens is 1. The maximum atomic E-state index is 10.9. The molecule has 5 rings (SSSR count). The van der Waals surface area contributed by atoms with Crippen molar-refractivity contribution in [2.75, 3.05) is 26.7 Å². The van der Waals surface area contributed by atoms with Gasteiger partial charge in [-0.15, -0.1) is 0 Å². The highest BCUT2D eigenvalue weighted by Gasteiger charge is 2.20. The van der Waals surface area contributed by atoms with Gasteiger partial charge in [0, 0.05) is 25.8 Å². The van der Waals surface area contributed by atoms with Crippen molar-refractivity contribution < 1.29 is 29.2 Å². The summed E-state index contributed by atoms with van der Waals surface area (Å²) < 4.78 is 21.6. The SMILES string of the molecule is OC(Cc1ccc2c(c1)OCO2)CN(Cc1ccccn1)CC(O)Cc1ccc2c(c1)OCO2. The van der Waals surface area contributed by atoms with Gasteiger partial charge in [-0.05, 0) is 60.4 Å². The average molecular weight is 465 g/mol. The van der Waals surface area contributed by atoms with E-state index in [4.69, 9.17) is 18.9 Å². The van der Waals surface area contributed by atoms with Crippen LogP contribution in [0, 0.1) is 0 Å². The Morgan fingerprint density at radius 3 is 1.82 bits per heavy atom. The zero-order chi connectivity index (χ0) is 23.3. The second-order valence-electron chi connectivity index (χ2n) is 8.61. The molecule has 0 amide bonds. The number of hydrogen-bond donors (Lipinski definition) is 2. The van der Waals surface area contributed by atoms with E-state index in [1.807, 2.05) is 59.5 Å². The Hall–Kier alpha value is -3.33. The summed E-state index contributed by atoms with van der Waals surface area (Å²) in [5.74, 6) is 2.85. The standard InChI is InChI=1S/C26H28N2O6/c29-21(9-18-4-6-23-25(11-18)33-16-31-23)14-28(13-20-3-1-2-8-27-20)15-22(30)10-19-5-7-24-26(12-19)34-17-32-24/h1-8,11-12,21-22,29-30H,9-10,13-17H2. The van der Waals surface area contributed by atoms with Crippen LogP contribution in [0.1, 0.15) is 16.8 Å². The number of fused-ring (bicyclic) bond motifs is 2. The largest absolute Gasteiger partial charge is 0.454 e. The molecule has 1 aromatic heterocycles. The Morgan fingerprint density at radius 1 is 0.735 bits per heavy atom. The molecule has 3 aromatic rings. The van der Waals surface area contributed by atoms with Crippen LogP contribution in [0.3, 0.4) is 0 Å². The third kappa shape index (κ3) is 5.59. The van der Waals surface area contributed by atoms with E-state index in [-0.39, 0.29) is 13.6 Å². The second-order valence-corrected chi connectivity index (χ2v) is 8.61. The topological polar surface area (TPSA) is 93.5 Å². The van der Waals surface area contributed by atoms with E-state index >= 15 is 0 Å². The first kappa shape index (κ1) is 22.5. The van der Waals surface area contributed by atoms with Crippen LogP contribution in [-0.4, -0.2) is 59.0 Å². The Kier molecular flexibility index (Phi) is 6.80. The summed E-state index contributed by atoms with van der Waals surface area (Å²) in [6.45, 7) is 1.75. The van der Waals surface area contributed by atoms with Crippen LogP contribution in [0.5, 0.6) is 23.0 Å².